The molecule has 0 nitrogen and oxygen atoms in total. The first-order chi connectivity index (χ1) is 10.4. The van der Waals surface area contributed by atoms with Gasteiger partial charge >= 0.3 is 0 Å². The zero-order chi connectivity index (χ0) is 14.5. The van der Waals surface area contributed by atoms with E-state index in [-0.39, 0.29) is 0 Å². The molecular formula is C21H36. The fraction of sp³-hybridized carbons (Fsp3) is 0.905. The van der Waals surface area contributed by atoms with E-state index < -0.39 is 0 Å². The van der Waals surface area contributed by atoms with Crippen LogP contribution in [-0.4, -0.2) is 0 Å². The lowest BCUT2D eigenvalue weighted by Gasteiger charge is -2.45. The van der Waals surface area contributed by atoms with Gasteiger partial charge < -0.3 is 0 Å². The van der Waals surface area contributed by atoms with Crippen LogP contribution in [0.1, 0.15) is 90.4 Å². The van der Waals surface area contributed by atoms with Crippen molar-refractivity contribution in [2.45, 2.75) is 90.4 Å². The molecule has 0 aromatic heterocycles. The molecule has 4 unspecified atom stereocenters. The van der Waals surface area contributed by atoms with E-state index in [1.54, 1.807) is 44.9 Å². The van der Waals surface area contributed by atoms with E-state index in [2.05, 4.69) is 19.1 Å². The van der Waals surface area contributed by atoms with E-state index in [0.717, 1.165) is 29.6 Å². The van der Waals surface area contributed by atoms with Crippen molar-refractivity contribution in [2.75, 3.05) is 0 Å². The van der Waals surface area contributed by atoms with Crippen LogP contribution in [0.5, 0.6) is 0 Å². The molecular weight excluding hydrogens is 252 g/mol. The Bertz CT molecular complexity index is 323. The van der Waals surface area contributed by atoms with Crippen LogP contribution in [0.2, 0.25) is 0 Å². The molecule has 0 heteroatoms. The van der Waals surface area contributed by atoms with Gasteiger partial charge in [0.15, 0.2) is 0 Å². The van der Waals surface area contributed by atoms with Crippen LogP contribution in [0.3, 0.4) is 0 Å². The number of fused-ring (bicyclic) bond motifs is 1. The highest BCUT2D eigenvalue weighted by molar-refractivity contribution is 4.89. The average molecular weight is 289 g/mol. The summed E-state index contributed by atoms with van der Waals surface area (Å²) in [6, 6.07) is 0. The summed E-state index contributed by atoms with van der Waals surface area (Å²) in [6.07, 6.45) is 24.5. The molecule has 3 fully saturated rings. The quantitative estimate of drug-likeness (QED) is 0.501. The molecule has 3 saturated carbocycles. The molecule has 0 amide bonds. The predicted molar refractivity (Wildman–Crippen MR) is 92.3 cm³/mol. The standard InChI is InChI=1S/C21H36/c1-2-3-5-8-17-11-12-21-16-20(14-13-19(21)15-17)18-9-6-4-7-10-18/h2-3,17-21H,4-16H2,1H3/b3-2+. The number of allylic oxidation sites excluding steroid dienone is 2. The summed E-state index contributed by atoms with van der Waals surface area (Å²) in [5.74, 6) is 5.50. The first-order valence-corrected chi connectivity index (χ1v) is 9.98. The number of hydrogen-bond acceptors (Lipinski definition) is 0. The highest BCUT2D eigenvalue weighted by Crippen LogP contribution is 2.49. The summed E-state index contributed by atoms with van der Waals surface area (Å²) in [5, 5.41) is 0. The lowest BCUT2D eigenvalue weighted by Crippen LogP contribution is -2.34. The van der Waals surface area contributed by atoms with Crippen LogP contribution in [0.25, 0.3) is 0 Å². The minimum Gasteiger partial charge on any atom is -0.0917 e. The second kappa shape index (κ2) is 7.84. The molecule has 3 aliphatic carbocycles. The van der Waals surface area contributed by atoms with Crippen molar-refractivity contribution >= 4 is 0 Å². The third kappa shape index (κ3) is 4.14. The van der Waals surface area contributed by atoms with Crippen molar-refractivity contribution in [1.82, 2.24) is 0 Å². The first-order valence-electron chi connectivity index (χ1n) is 9.98. The Hall–Kier alpha value is -0.260. The van der Waals surface area contributed by atoms with Gasteiger partial charge in [-0.15, -0.1) is 0 Å². The van der Waals surface area contributed by atoms with Crippen LogP contribution in [0.4, 0.5) is 0 Å². The van der Waals surface area contributed by atoms with Crippen LogP contribution in [-0.2, 0) is 0 Å². The van der Waals surface area contributed by atoms with E-state index >= 15 is 0 Å². The maximum atomic E-state index is 2.37. The molecule has 0 aromatic rings. The summed E-state index contributed by atoms with van der Waals surface area (Å²) in [6.45, 7) is 2.16. The van der Waals surface area contributed by atoms with Gasteiger partial charge in [0.05, 0.1) is 0 Å². The second-order valence-electron chi connectivity index (χ2n) is 8.32. The van der Waals surface area contributed by atoms with Crippen molar-refractivity contribution in [2.24, 2.45) is 29.6 Å². The van der Waals surface area contributed by atoms with Crippen LogP contribution in [0, 0.1) is 29.6 Å². The molecule has 0 bridgehead atoms. The second-order valence-corrected chi connectivity index (χ2v) is 8.32. The van der Waals surface area contributed by atoms with Gasteiger partial charge in [-0.1, -0.05) is 50.7 Å². The molecule has 120 valence electrons. The highest BCUT2D eigenvalue weighted by Gasteiger charge is 2.37. The summed E-state index contributed by atoms with van der Waals surface area (Å²) < 4.78 is 0. The van der Waals surface area contributed by atoms with Crippen LogP contribution in [0.15, 0.2) is 12.2 Å². The van der Waals surface area contributed by atoms with Crippen molar-refractivity contribution in [3.05, 3.63) is 12.2 Å². The molecule has 21 heavy (non-hydrogen) atoms. The van der Waals surface area contributed by atoms with Gasteiger partial charge in [0.1, 0.15) is 0 Å². The highest BCUT2D eigenvalue weighted by atomic mass is 14.4. The van der Waals surface area contributed by atoms with E-state index in [9.17, 15) is 0 Å². The van der Waals surface area contributed by atoms with Crippen molar-refractivity contribution in [1.29, 1.82) is 0 Å². The van der Waals surface area contributed by atoms with Gasteiger partial charge in [-0.3, -0.25) is 0 Å². The topological polar surface area (TPSA) is 0 Å². The summed E-state index contributed by atoms with van der Waals surface area (Å²) in [7, 11) is 0. The maximum Gasteiger partial charge on any atom is -0.0348 e. The van der Waals surface area contributed by atoms with Gasteiger partial charge in [-0.25, -0.2) is 0 Å². The molecule has 4 atom stereocenters. The molecule has 3 aliphatic rings. The largest absolute Gasteiger partial charge is 0.0917 e. The molecule has 0 spiro atoms. The predicted octanol–water partition coefficient (Wildman–Crippen LogP) is 6.76. The Balaban J connectivity index is 1.46. The lowest BCUT2D eigenvalue weighted by molar-refractivity contribution is 0.0639. The fourth-order valence-corrected chi connectivity index (χ4v) is 5.82. The number of hydrogen-bond donors (Lipinski definition) is 0. The Morgan fingerprint density at radius 2 is 1.38 bits per heavy atom. The van der Waals surface area contributed by atoms with Crippen LogP contribution >= 0.6 is 0 Å². The average Bonchev–Trinajstić information content (AvgIpc) is 2.55. The zero-order valence-corrected chi connectivity index (χ0v) is 14.2. The minimum absolute atomic E-state index is 1.05. The third-order valence-corrected chi connectivity index (χ3v) is 7.06. The SMILES string of the molecule is C/C=C/CCC1CCC2CC(C3CCCCC3)CCC2C1. The van der Waals surface area contributed by atoms with E-state index in [0.29, 0.717) is 0 Å². The van der Waals surface area contributed by atoms with Gasteiger partial charge in [-0.05, 0) is 81.5 Å². The summed E-state index contributed by atoms with van der Waals surface area (Å²) in [5.41, 5.74) is 0. The van der Waals surface area contributed by atoms with E-state index in [1.165, 1.54) is 38.5 Å². The molecule has 0 radical (unpaired) electrons. The number of rotatable bonds is 4. The maximum absolute atomic E-state index is 2.37. The normalized spacial score (nSPS) is 38.5. The molecule has 3 rings (SSSR count). The molecule has 0 aliphatic heterocycles. The summed E-state index contributed by atoms with van der Waals surface area (Å²) in [4.78, 5) is 0. The van der Waals surface area contributed by atoms with Crippen molar-refractivity contribution in [3.8, 4) is 0 Å². The lowest BCUT2D eigenvalue weighted by atomic mass is 9.61. The van der Waals surface area contributed by atoms with Gasteiger partial charge in [0, 0.05) is 0 Å². The van der Waals surface area contributed by atoms with Gasteiger partial charge in [0.25, 0.3) is 0 Å². The van der Waals surface area contributed by atoms with E-state index in [1.807, 2.05) is 0 Å². The smallest absolute Gasteiger partial charge is 0.0348 e. The molecule has 0 aromatic carbocycles. The minimum atomic E-state index is 1.05. The van der Waals surface area contributed by atoms with Crippen molar-refractivity contribution in [3.63, 3.8) is 0 Å². The Morgan fingerprint density at radius 3 is 2.14 bits per heavy atom. The monoisotopic (exact) mass is 288 g/mol. The fourth-order valence-electron chi connectivity index (χ4n) is 5.82. The Kier molecular flexibility index (Phi) is 5.83. The van der Waals surface area contributed by atoms with Gasteiger partial charge in [0.2, 0.25) is 0 Å². The summed E-state index contributed by atoms with van der Waals surface area (Å²) >= 11 is 0. The van der Waals surface area contributed by atoms with Crippen LogP contribution < -0.4 is 0 Å². The first kappa shape index (κ1) is 15.6. The molecule has 0 heterocycles. The molecule has 0 N–H and O–H groups in total. The Morgan fingerprint density at radius 1 is 0.714 bits per heavy atom. The van der Waals surface area contributed by atoms with Gasteiger partial charge in [-0.2, -0.15) is 0 Å². The zero-order valence-electron chi connectivity index (χ0n) is 14.2. The molecule has 0 saturated heterocycles. The van der Waals surface area contributed by atoms with E-state index in [4.69, 9.17) is 0 Å². The van der Waals surface area contributed by atoms with Crippen molar-refractivity contribution < 1.29 is 0 Å². The Labute approximate surface area is 132 Å². The third-order valence-electron chi connectivity index (χ3n) is 7.06.